The molecule has 1 rings (SSSR count). The highest BCUT2D eigenvalue weighted by Crippen LogP contribution is 1.91. The van der Waals surface area contributed by atoms with Crippen molar-refractivity contribution in [2.75, 3.05) is 6.61 Å². The van der Waals surface area contributed by atoms with Crippen LogP contribution in [0.5, 0.6) is 0 Å². The molecule has 0 aromatic rings. The van der Waals surface area contributed by atoms with Gasteiger partial charge in [-0.2, -0.15) is 0 Å². The van der Waals surface area contributed by atoms with Crippen molar-refractivity contribution in [3.8, 4) is 0 Å². The second-order valence-electron chi connectivity index (χ2n) is 1.54. The van der Waals surface area contributed by atoms with Crippen molar-refractivity contribution < 1.29 is 9.53 Å². The maximum absolute atomic E-state index is 10.3. The molecule has 1 amide bonds. The normalized spacial score (nSPS) is 16.2. The minimum Gasteiger partial charge on any atom is -0.493 e. The van der Waals surface area contributed by atoms with Gasteiger partial charge in [0.05, 0.1) is 6.20 Å². The molecule has 0 atom stereocenters. The quantitative estimate of drug-likeness (QED) is 0.510. The Balaban J connectivity index is 2.68. The van der Waals surface area contributed by atoms with Crippen LogP contribution in [-0.2, 0) is 9.53 Å². The van der Waals surface area contributed by atoms with Gasteiger partial charge in [0.2, 0.25) is 0 Å². The van der Waals surface area contributed by atoms with Crippen LogP contribution in [0.15, 0.2) is 17.5 Å². The van der Waals surface area contributed by atoms with E-state index in [0.29, 0.717) is 0 Å². The van der Waals surface area contributed by atoms with Gasteiger partial charge >= 0.3 is 0 Å². The van der Waals surface area contributed by atoms with E-state index in [4.69, 9.17) is 10.5 Å². The van der Waals surface area contributed by atoms with E-state index in [1.54, 1.807) is 0 Å². The summed E-state index contributed by atoms with van der Waals surface area (Å²) < 4.78 is 4.73. The Morgan fingerprint density at radius 3 is 3.00 bits per heavy atom. The molecule has 2 N–H and O–H groups in total. The van der Waals surface area contributed by atoms with Crippen molar-refractivity contribution in [2.24, 2.45) is 10.7 Å². The lowest BCUT2D eigenvalue weighted by Crippen LogP contribution is -2.27. The van der Waals surface area contributed by atoms with E-state index in [2.05, 4.69) is 4.99 Å². The third-order valence-electron chi connectivity index (χ3n) is 0.892. The zero-order valence-electron chi connectivity index (χ0n) is 4.70. The summed E-state index contributed by atoms with van der Waals surface area (Å²) in [5.74, 6) is -0.528. The summed E-state index contributed by atoms with van der Waals surface area (Å²) in [6.45, 7) is 0.186. The number of carbonyl (C=O) groups excluding carboxylic acids is 1. The van der Waals surface area contributed by atoms with Crippen LogP contribution >= 0.6 is 0 Å². The Morgan fingerprint density at radius 2 is 2.67 bits per heavy atom. The van der Waals surface area contributed by atoms with Crippen molar-refractivity contribution in [3.05, 3.63) is 12.5 Å². The number of ether oxygens (including phenoxy) is 1. The predicted octanol–water partition coefficient (Wildman–Crippen LogP) is -0.586. The Labute approximate surface area is 52.0 Å². The Morgan fingerprint density at radius 1 is 1.89 bits per heavy atom. The fourth-order valence-electron chi connectivity index (χ4n) is 0.462. The number of nitrogens with two attached hydrogens (primary N) is 1. The van der Waals surface area contributed by atoms with Crippen molar-refractivity contribution >= 4 is 11.6 Å². The molecular weight excluding hydrogens is 120 g/mol. The summed E-state index contributed by atoms with van der Waals surface area (Å²) in [5.41, 5.74) is 5.15. The summed E-state index contributed by atoms with van der Waals surface area (Å²) >= 11 is 0. The molecule has 0 spiro atoms. The maximum atomic E-state index is 10.3. The van der Waals surface area contributed by atoms with E-state index in [1.165, 1.54) is 12.5 Å². The first-order valence-electron chi connectivity index (χ1n) is 2.44. The first-order valence-corrected chi connectivity index (χ1v) is 2.44. The number of hydrogen-bond acceptors (Lipinski definition) is 3. The summed E-state index contributed by atoms with van der Waals surface area (Å²) in [4.78, 5) is 14.0. The number of amides is 1. The number of primary amides is 1. The molecule has 0 bridgehead atoms. The summed E-state index contributed by atoms with van der Waals surface area (Å²) in [5, 5.41) is 0. The Kier molecular flexibility index (Phi) is 1.48. The highest BCUT2D eigenvalue weighted by Gasteiger charge is 2.07. The average Bonchev–Trinajstić information content (AvgIpc) is 1.90. The number of aliphatic imine (C=N–C) groups is 1. The van der Waals surface area contributed by atoms with E-state index < -0.39 is 5.91 Å². The van der Waals surface area contributed by atoms with Gasteiger partial charge in [0, 0.05) is 0 Å². The van der Waals surface area contributed by atoms with Crippen LogP contribution in [0.2, 0.25) is 0 Å². The lowest BCUT2D eigenvalue weighted by atomic mass is 10.4. The minimum atomic E-state index is -0.528. The highest BCUT2D eigenvalue weighted by molar-refractivity contribution is 6.39. The minimum absolute atomic E-state index is 0.186. The molecule has 0 saturated carbocycles. The molecule has 1 heterocycles. The van der Waals surface area contributed by atoms with Gasteiger partial charge in [-0.25, -0.2) is 4.99 Å². The van der Waals surface area contributed by atoms with Crippen LogP contribution in [-0.4, -0.2) is 18.2 Å². The molecule has 9 heavy (non-hydrogen) atoms. The van der Waals surface area contributed by atoms with Gasteiger partial charge in [-0.1, -0.05) is 0 Å². The molecule has 1 aliphatic heterocycles. The molecule has 0 aromatic heterocycles. The standard InChI is InChI=1S/C5H6N2O2/c6-5(8)4-3-9-2-1-7-4/h1-2H,3H2,(H2,6,8). The lowest BCUT2D eigenvalue weighted by molar-refractivity contribution is -0.112. The van der Waals surface area contributed by atoms with E-state index in [9.17, 15) is 4.79 Å². The van der Waals surface area contributed by atoms with Gasteiger partial charge in [0.15, 0.2) is 0 Å². The lowest BCUT2D eigenvalue weighted by Gasteiger charge is -2.03. The molecule has 0 aliphatic carbocycles. The fourth-order valence-corrected chi connectivity index (χ4v) is 0.462. The van der Waals surface area contributed by atoms with Gasteiger partial charge in [-0.15, -0.1) is 0 Å². The van der Waals surface area contributed by atoms with Gasteiger partial charge in [-0.05, 0) is 0 Å². The molecule has 0 fully saturated rings. The van der Waals surface area contributed by atoms with Crippen molar-refractivity contribution in [2.45, 2.75) is 0 Å². The summed E-state index contributed by atoms with van der Waals surface area (Å²) in [7, 11) is 0. The number of rotatable bonds is 1. The SMILES string of the molecule is NC(=O)C1=NC=COC1. The third-order valence-corrected chi connectivity index (χ3v) is 0.892. The molecule has 0 radical (unpaired) electrons. The number of carbonyl (C=O) groups is 1. The van der Waals surface area contributed by atoms with Crippen LogP contribution in [0.1, 0.15) is 0 Å². The molecule has 0 unspecified atom stereocenters. The molecule has 4 nitrogen and oxygen atoms in total. The maximum Gasteiger partial charge on any atom is 0.266 e. The third kappa shape index (κ3) is 1.28. The first kappa shape index (κ1) is 5.81. The van der Waals surface area contributed by atoms with Crippen molar-refractivity contribution in [1.29, 1.82) is 0 Å². The second-order valence-corrected chi connectivity index (χ2v) is 1.54. The zero-order chi connectivity index (χ0) is 6.69. The Bertz CT molecular complexity index is 183. The van der Waals surface area contributed by atoms with Crippen LogP contribution < -0.4 is 5.73 Å². The molecular formula is C5H6N2O2. The topological polar surface area (TPSA) is 64.7 Å². The predicted molar refractivity (Wildman–Crippen MR) is 31.7 cm³/mol. The van der Waals surface area contributed by atoms with Gasteiger partial charge in [0.25, 0.3) is 5.91 Å². The van der Waals surface area contributed by atoms with E-state index >= 15 is 0 Å². The van der Waals surface area contributed by atoms with Crippen LogP contribution in [0, 0.1) is 0 Å². The van der Waals surface area contributed by atoms with E-state index in [0.717, 1.165) is 0 Å². The monoisotopic (exact) mass is 126 g/mol. The van der Waals surface area contributed by atoms with Gasteiger partial charge < -0.3 is 10.5 Å². The zero-order valence-corrected chi connectivity index (χ0v) is 4.70. The summed E-state index contributed by atoms with van der Waals surface area (Å²) in [6, 6.07) is 0. The fraction of sp³-hybridized carbons (Fsp3) is 0.200. The molecule has 0 aromatic carbocycles. The summed E-state index contributed by atoms with van der Waals surface area (Å²) in [6.07, 6.45) is 2.80. The average molecular weight is 126 g/mol. The number of nitrogens with zero attached hydrogens (tertiary/aromatic N) is 1. The van der Waals surface area contributed by atoms with Gasteiger partial charge in [-0.3, -0.25) is 4.79 Å². The Hall–Kier alpha value is -1.32. The van der Waals surface area contributed by atoms with Gasteiger partial charge in [0.1, 0.15) is 18.6 Å². The number of hydrogen-bond donors (Lipinski definition) is 1. The van der Waals surface area contributed by atoms with E-state index in [1.807, 2.05) is 0 Å². The first-order chi connectivity index (χ1) is 4.30. The van der Waals surface area contributed by atoms with Crippen LogP contribution in [0.4, 0.5) is 0 Å². The van der Waals surface area contributed by atoms with Crippen LogP contribution in [0.3, 0.4) is 0 Å². The van der Waals surface area contributed by atoms with Crippen molar-refractivity contribution in [1.82, 2.24) is 0 Å². The van der Waals surface area contributed by atoms with E-state index in [-0.39, 0.29) is 12.3 Å². The highest BCUT2D eigenvalue weighted by atomic mass is 16.5. The molecule has 48 valence electrons. The smallest absolute Gasteiger partial charge is 0.266 e. The van der Waals surface area contributed by atoms with Crippen LogP contribution in [0.25, 0.3) is 0 Å². The largest absolute Gasteiger partial charge is 0.493 e. The molecule has 0 saturated heterocycles. The second kappa shape index (κ2) is 2.30. The molecule has 4 heteroatoms. The molecule has 1 aliphatic rings. The van der Waals surface area contributed by atoms with Crippen molar-refractivity contribution in [3.63, 3.8) is 0 Å².